The molecule has 100 valence electrons. The highest BCUT2D eigenvalue weighted by molar-refractivity contribution is 5.55. The summed E-state index contributed by atoms with van der Waals surface area (Å²) in [6, 6.07) is 7.52. The van der Waals surface area contributed by atoms with Crippen molar-refractivity contribution < 1.29 is 0 Å². The third kappa shape index (κ3) is 2.86. The Balaban J connectivity index is 2.24. The molecule has 0 spiro atoms. The first kappa shape index (κ1) is 13.4. The van der Waals surface area contributed by atoms with Crippen LogP contribution in [0.15, 0.2) is 18.2 Å². The van der Waals surface area contributed by atoms with E-state index in [1.165, 1.54) is 16.8 Å². The van der Waals surface area contributed by atoms with Crippen molar-refractivity contribution in [3.8, 4) is 0 Å². The Labute approximate surface area is 111 Å². The number of nitrogens with one attached hydrogen (secondary N) is 1. The molecule has 0 bridgehead atoms. The van der Waals surface area contributed by atoms with Gasteiger partial charge in [-0.25, -0.2) is 0 Å². The number of aryl methyl sites for hydroxylation is 1. The molecule has 1 saturated heterocycles. The van der Waals surface area contributed by atoms with E-state index in [0.29, 0.717) is 6.04 Å². The molecule has 2 heteroatoms. The van der Waals surface area contributed by atoms with Crippen LogP contribution in [0.3, 0.4) is 0 Å². The van der Waals surface area contributed by atoms with Gasteiger partial charge in [0.15, 0.2) is 0 Å². The van der Waals surface area contributed by atoms with Crippen molar-refractivity contribution >= 4 is 5.69 Å². The largest absolute Gasteiger partial charge is 0.368 e. The van der Waals surface area contributed by atoms with Crippen LogP contribution in [0.4, 0.5) is 5.69 Å². The van der Waals surface area contributed by atoms with Crippen LogP contribution in [0.5, 0.6) is 0 Å². The first-order valence-electron chi connectivity index (χ1n) is 6.97. The van der Waals surface area contributed by atoms with Crippen molar-refractivity contribution in [1.29, 1.82) is 0 Å². The van der Waals surface area contributed by atoms with Gasteiger partial charge in [0.05, 0.1) is 0 Å². The summed E-state index contributed by atoms with van der Waals surface area (Å²) in [5.74, 6) is 0. The predicted octanol–water partition coefficient (Wildman–Crippen LogP) is 3.09. The van der Waals surface area contributed by atoms with Gasteiger partial charge in [-0.05, 0) is 36.5 Å². The number of nitrogens with zero attached hydrogens (tertiary/aromatic N) is 1. The summed E-state index contributed by atoms with van der Waals surface area (Å²) in [6.07, 6.45) is 0. The molecule has 1 fully saturated rings. The molecule has 1 aromatic rings. The van der Waals surface area contributed by atoms with Gasteiger partial charge in [-0.2, -0.15) is 0 Å². The minimum absolute atomic E-state index is 0.236. The molecule has 1 atom stereocenters. The minimum atomic E-state index is 0.236. The fourth-order valence-corrected chi connectivity index (χ4v) is 2.63. The predicted molar refractivity (Wildman–Crippen MR) is 79.6 cm³/mol. The summed E-state index contributed by atoms with van der Waals surface area (Å²) in [5, 5.41) is 3.50. The number of anilines is 1. The van der Waals surface area contributed by atoms with E-state index < -0.39 is 0 Å². The molecular formula is C16H26N2. The van der Waals surface area contributed by atoms with E-state index in [9.17, 15) is 0 Å². The van der Waals surface area contributed by atoms with E-state index in [1.54, 1.807) is 0 Å². The number of piperazine rings is 1. The third-order valence-electron chi connectivity index (χ3n) is 3.77. The Bertz CT molecular complexity index is 418. The molecule has 1 aliphatic rings. The number of hydrogen-bond acceptors (Lipinski definition) is 2. The highest BCUT2D eigenvalue weighted by Crippen LogP contribution is 2.28. The highest BCUT2D eigenvalue weighted by atomic mass is 15.2. The van der Waals surface area contributed by atoms with Gasteiger partial charge in [0, 0.05) is 31.4 Å². The molecule has 1 N–H and O–H groups in total. The zero-order valence-corrected chi connectivity index (χ0v) is 12.4. The fraction of sp³-hybridized carbons (Fsp3) is 0.625. The molecule has 0 radical (unpaired) electrons. The monoisotopic (exact) mass is 246 g/mol. The van der Waals surface area contributed by atoms with Gasteiger partial charge in [0.25, 0.3) is 0 Å². The van der Waals surface area contributed by atoms with Gasteiger partial charge in [-0.3, -0.25) is 0 Å². The normalized spacial score (nSPS) is 21.2. The Morgan fingerprint density at radius 2 is 2.00 bits per heavy atom. The Kier molecular flexibility index (Phi) is 3.67. The van der Waals surface area contributed by atoms with E-state index in [1.807, 2.05) is 0 Å². The molecule has 0 unspecified atom stereocenters. The van der Waals surface area contributed by atoms with Crippen molar-refractivity contribution in [1.82, 2.24) is 5.32 Å². The van der Waals surface area contributed by atoms with E-state index in [2.05, 4.69) is 63.0 Å². The standard InChI is InChI=1S/C16H26N2/c1-12-10-14(16(3,4)5)6-7-15(12)18-9-8-17-13(2)11-18/h6-7,10,13,17H,8-9,11H2,1-5H3/t13-/m1/s1. The zero-order chi connectivity index (χ0) is 13.3. The van der Waals surface area contributed by atoms with Crippen molar-refractivity contribution in [3.05, 3.63) is 29.3 Å². The second kappa shape index (κ2) is 4.93. The molecule has 1 heterocycles. The van der Waals surface area contributed by atoms with Crippen molar-refractivity contribution in [2.75, 3.05) is 24.5 Å². The van der Waals surface area contributed by atoms with Gasteiger partial charge in [0.2, 0.25) is 0 Å². The SMILES string of the molecule is Cc1cc(C(C)(C)C)ccc1N1CCN[C@H](C)C1. The fourth-order valence-electron chi connectivity index (χ4n) is 2.63. The summed E-state index contributed by atoms with van der Waals surface area (Å²) in [6.45, 7) is 14.6. The van der Waals surface area contributed by atoms with Crippen LogP contribution in [-0.2, 0) is 5.41 Å². The number of benzene rings is 1. The molecule has 0 aromatic heterocycles. The summed E-state index contributed by atoms with van der Waals surface area (Å²) in [5.41, 5.74) is 4.46. The maximum absolute atomic E-state index is 3.50. The smallest absolute Gasteiger partial charge is 0.0397 e. The average molecular weight is 246 g/mol. The van der Waals surface area contributed by atoms with Gasteiger partial charge >= 0.3 is 0 Å². The molecule has 0 aliphatic carbocycles. The molecule has 18 heavy (non-hydrogen) atoms. The summed E-state index contributed by atoms with van der Waals surface area (Å²) < 4.78 is 0. The van der Waals surface area contributed by atoms with Gasteiger partial charge < -0.3 is 10.2 Å². The third-order valence-corrected chi connectivity index (χ3v) is 3.77. The Morgan fingerprint density at radius 3 is 2.56 bits per heavy atom. The van der Waals surface area contributed by atoms with E-state index >= 15 is 0 Å². The zero-order valence-electron chi connectivity index (χ0n) is 12.4. The topological polar surface area (TPSA) is 15.3 Å². The lowest BCUT2D eigenvalue weighted by Gasteiger charge is -2.35. The van der Waals surface area contributed by atoms with Crippen LogP contribution < -0.4 is 10.2 Å². The van der Waals surface area contributed by atoms with E-state index in [-0.39, 0.29) is 5.41 Å². The Hall–Kier alpha value is -1.02. The van der Waals surface area contributed by atoms with Gasteiger partial charge in [0.1, 0.15) is 0 Å². The van der Waals surface area contributed by atoms with Crippen molar-refractivity contribution in [3.63, 3.8) is 0 Å². The maximum atomic E-state index is 3.50. The number of hydrogen-bond donors (Lipinski definition) is 1. The van der Waals surface area contributed by atoms with Gasteiger partial charge in [-0.15, -0.1) is 0 Å². The maximum Gasteiger partial charge on any atom is 0.0397 e. The van der Waals surface area contributed by atoms with Crippen LogP contribution in [-0.4, -0.2) is 25.7 Å². The molecule has 1 aliphatic heterocycles. The van der Waals surface area contributed by atoms with Crippen molar-refractivity contribution in [2.24, 2.45) is 0 Å². The summed E-state index contributed by atoms with van der Waals surface area (Å²) in [7, 11) is 0. The van der Waals surface area contributed by atoms with Crippen LogP contribution in [0, 0.1) is 6.92 Å². The van der Waals surface area contributed by atoms with E-state index in [0.717, 1.165) is 19.6 Å². The lowest BCUT2D eigenvalue weighted by Crippen LogP contribution is -2.49. The van der Waals surface area contributed by atoms with E-state index in [4.69, 9.17) is 0 Å². The van der Waals surface area contributed by atoms with Crippen LogP contribution in [0.2, 0.25) is 0 Å². The lowest BCUT2D eigenvalue weighted by atomic mass is 9.86. The average Bonchev–Trinajstić information content (AvgIpc) is 2.27. The quantitative estimate of drug-likeness (QED) is 0.819. The second-order valence-corrected chi connectivity index (χ2v) is 6.55. The second-order valence-electron chi connectivity index (χ2n) is 6.55. The summed E-state index contributed by atoms with van der Waals surface area (Å²) in [4.78, 5) is 2.50. The highest BCUT2D eigenvalue weighted by Gasteiger charge is 2.19. The lowest BCUT2D eigenvalue weighted by molar-refractivity contribution is 0.484. The molecular weight excluding hydrogens is 220 g/mol. The first-order valence-corrected chi connectivity index (χ1v) is 6.97. The molecule has 2 nitrogen and oxygen atoms in total. The molecule has 0 amide bonds. The molecule has 1 aromatic carbocycles. The Morgan fingerprint density at radius 1 is 1.28 bits per heavy atom. The van der Waals surface area contributed by atoms with Crippen LogP contribution >= 0.6 is 0 Å². The minimum Gasteiger partial charge on any atom is -0.368 e. The molecule has 2 rings (SSSR count). The van der Waals surface area contributed by atoms with Crippen LogP contribution in [0.1, 0.15) is 38.8 Å². The van der Waals surface area contributed by atoms with Gasteiger partial charge in [-0.1, -0.05) is 32.9 Å². The van der Waals surface area contributed by atoms with Crippen molar-refractivity contribution in [2.45, 2.75) is 46.1 Å². The first-order chi connectivity index (χ1) is 8.38. The molecule has 0 saturated carbocycles. The number of rotatable bonds is 1. The van der Waals surface area contributed by atoms with Crippen LogP contribution in [0.25, 0.3) is 0 Å². The summed E-state index contributed by atoms with van der Waals surface area (Å²) >= 11 is 0.